The van der Waals surface area contributed by atoms with Crippen molar-refractivity contribution in [3.8, 4) is 0 Å². The van der Waals surface area contributed by atoms with Crippen LogP contribution in [0.15, 0.2) is 60.7 Å². The Morgan fingerprint density at radius 2 is 0.656 bits per heavy atom. The molecule has 2 aromatic rings. The number of carbonyl (C=O) groups is 11. The summed E-state index contributed by atoms with van der Waals surface area (Å²) in [6.45, 7) is 6.54. The Balaban J connectivity index is 1.54. The van der Waals surface area contributed by atoms with Crippen molar-refractivity contribution in [1.29, 1.82) is 0 Å². The van der Waals surface area contributed by atoms with Crippen LogP contribution in [0.1, 0.15) is 80.4 Å². The first-order chi connectivity index (χ1) is 44.1. The van der Waals surface area contributed by atoms with Gasteiger partial charge in [-0.05, 0) is 11.1 Å². The van der Waals surface area contributed by atoms with Crippen LogP contribution in [-0.2, 0) is 161 Å². The topological polar surface area (TPSA) is 393 Å². The highest BCUT2D eigenvalue weighted by Crippen LogP contribution is 2.39. The lowest BCUT2D eigenvalue weighted by atomic mass is 9.95. The molecule has 93 heavy (non-hydrogen) atoms. The minimum absolute atomic E-state index is 0.272. The molecule has 0 aromatic heterocycles. The minimum Gasteiger partial charge on any atom is -0.463 e. The molecule has 2 aromatic carbocycles. The van der Waals surface area contributed by atoms with Gasteiger partial charge in [-0.3, -0.25) is 52.7 Å². The summed E-state index contributed by atoms with van der Waals surface area (Å²) in [6, 6.07) is 17.1. The van der Waals surface area contributed by atoms with E-state index in [1.54, 1.807) is 60.7 Å². The van der Waals surface area contributed by atoms with Gasteiger partial charge in [0.25, 0.3) is 0 Å². The Bertz CT molecular complexity index is 2880. The summed E-state index contributed by atoms with van der Waals surface area (Å²) in [5, 5.41) is 12.3. The number of halogens is 1. The molecule has 4 aliphatic rings. The number of aliphatic hydroxyl groups is 1. The highest BCUT2D eigenvalue weighted by atomic mass is 35.5. The van der Waals surface area contributed by atoms with Crippen molar-refractivity contribution in [2.75, 3.05) is 32.3 Å². The first-order valence-electron chi connectivity index (χ1n) is 29.0. The summed E-state index contributed by atoms with van der Waals surface area (Å²) in [4.78, 5) is 141. The van der Waals surface area contributed by atoms with Gasteiger partial charge >= 0.3 is 65.7 Å². The normalized spacial score (nSPS) is 30.8. The summed E-state index contributed by atoms with van der Waals surface area (Å²) >= 11 is 5.89. The second-order valence-corrected chi connectivity index (χ2v) is 21.5. The van der Waals surface area contributed by atoms with E-state index in [-0.39, 0.29) is 13.2 Å². The maximum atomic E-state index is 13.6. The second kappa shape index (κ2) is 35.7. The first kappa shape index (κ1) is 74.5. The van der Waals surface area contributed by atoms with Gasteiger partial charge in [-0.2, -0.15) is 0 Å². The lowest BCUT2D eigenvalue weighted by Crippen LogP contribution is -2.69. The van der Waals surface area contributed by atoms with Crippen molar-refractivity contribution in [3.63, 3.8) is 0 Å². The van der Waals surface area contributed by atoms with E-state index in [1.165, 1.54) is 0 Å². The zero-order valence-electron chi connectivity index (χ0n) is 52.3. The molecule has 4 aliphatic heterocycles. The number of carbonyl (C=O) groups excluding carboxylic acids is 11. The van der Waals surface area contributed by atoms with E-state index in [0.29, 0.717) is 11.1 Å². The number of hydrogen-bond acceptors (Lipinski definition) is 32. The van der Waals surface area contributed by atoms with Crippen LogP contribution >= 0.6 is 11.6 Å². The Labute approximate surface area is 537 Å². The number of esters is 11. The number of hydrogen-bond donors (Lipinski definition) is 1. The maximum Gasteiger partial charge on any atom is 0.321 e. The number of alkyl halides is 1. The molecule has 0 bridgehead atoms. The van der Waals surface area contributed by atoms with Crippen LogP contribution in [0.25, 0.3) is 0 Å². The summed E-state index contributed by atoms with van der Waals surface area (Å²) in [7, 11) is 0. The van der Waals surface area contributed by atoms with Gasteiger partial charge in [0, 0.05) is 69.2 Å². The largest absolute Gasteiger partial charge is 0.463 e. The highest BCUT2D eigenvalue weighted by molar-refractivity contribution is 6.26. The molecule has 20 atom stereocenters. The van der Waals surface area contributed by atoms with Gasteiger partial charge in [0.15, 0.2) is 74.0 Å². The molecule has 33 heteroatoms. The van der Waals surface area contributed by atoms with Gasteiger partial charge in [0.2, 0.25) is 0 Å². The van der Waals surface area contributed by atoms with Crippen LogP contribution in [0.5, 0.6) is 0 Å². The molecule has 0 unspecified atom stereocenters. The summed E-state index contributed by atoms with van der Waals surface area (Å²) in [5.41, 5.74) is 1.10. The smallest absolute Gasteiger partial charge is 0.321 e. The molecule has 32 nitrogen and oxygen atoms in total. The fourth-order valence-corrected chi connectivity index (χ4v) is 10.4. The molecule has 1 N–H and O–H groups in total. The molecule has 4 saturated heterocycles. The standard InChI is InChI=1S/C60H75ClO32/c1-28(62)74-24-41-46(80-31(4)65)50(83-34(7)68)54(84-35(8)69)58(88-41)79-27-40-45(77-22-38-17-13-11-14-18-38)49(53(57(73)87-40)78-23-39-19-15-12-16-20-39)92-60-56(86-37(10)71)52(48(82-33(6)67)43(90-60)26-76-30(3)64)93-59-55(85-36(9)70)51(91-44(72)21-61)47(81-32(5)66)42(89-59)25-75-29(2)63/h11-20,40-43,45-60,73H,21-27H2,1-10H3/t40-,41-,42-,43-,45-,46-,47-,48-,49+,50+,51+,52+,53-,54-,55-,56-,57+,58-,59+,60+/m1/s1. The van der Waals surface area contributed by atoms with Crippen LogP contribution in [-0.4, -0.2) is 226 Å². The molecule has 4 heterocycles. The van der Waals surface area contributed by atoms with E-state index in [2.05, 4.69) is 0 Å². The van der Waals surface area contributed by atoms with Crippen LogP contribution in [0.4, 0.5) is 0 Å². The zero-order chi connectivity index (χ0) is 68.2. The SMILES string of the molecule is CC(=O)OC[C@H]1O[C@@H](OC[C@H]2O[C@H](O)[C@H](OCc3ccccc3)[C@@H](O[C@@H]3O[C@H](COC(C)=O)[C@@H](OC(C)=O)[C@H](O[C@@H]4O[C@H](COC(C)=O)[C@@H](OC(C)=O)[C@H](OC(=O)CCl)[C@H]4OC(C)=O)[C@H]3OC(C)=O)[C@@H]2OCc2ccccc2)[C@H](OC(C)=O)[C@@H](OC(C)=O)[C@@H]1OC(C)=O. The molecule has 0 saturated carbocycles. The van der Waals surface area contributed by atoms with Gasteiger partial charge in [0.1, 0.15) is 74.5 Å². The molecule has 514 valence electrons. The van der Waals surface area contributed by atoms with Gasteiger partial charge in [0.05, 0.1) is 19.8 Å². The van der Waals surface area contributed by atoms with Crippen LogP contribution in [0.2, 0.25) is 0 Å². The van der Waals surface area contributed by atoms with Crippen molar-refractivity contribution in [2.45, 2.75) is 205 Å². The van der Waals surface area contributed by atoms with E-state index >= 15 is 0 Å². The third-order valence-electron chi connectivity index (χ3n) is 13.8. The van der Waals surface area contributed by atoms with E-state index in [1.807, 2.05) is 0 Å². The molecule has 4 fully saturated rings. The van der Waals surface area contributed by atoms with Crippen LogP contribution in [0, 0.1) is 0 Å². The predicted octanol–water partition coefficient (Wildman–Crippen LogP) is 1.20. The highest BCUT2D eigenvalue weighted by Gasteiger charge is 2.60. The van der Waals surface area contributed by atoms with Crippen molar-refractivity contribution in [3.05, 3.63) is 71.8 Å². The zero-order valence-corrected chi connectivity index (χ0v) is 53.0. The molecule has 0 amide bonds. The number of rotatable bonds is 28. The van der Waals surface area contributed by atoms with Gasteiger partial charge in [-0.15, -0.1) is 11.6 Å². The average molecular weight is 1340 g/mol. The number of aliphatic hydroxyl groups excluding tert-OH is 1. The third-order valence-corrected chi connectivity index (χ3v) is 14.0. The Morgan fingerprint density at radius 3 is 1.04 bits per heavy atom. The monoisotopic (exact) mass is 1340 g/mol. The Hall–Kier alpha value is -7.50. The van der Waals surface area contributed by atoms with E-state index in [9.17, 15) is 57.8 Å². The quantitative estimate of drug-likeness (QED) is 0.0710. The second-order valence-electron chi connectivity index (χ2n) is 21.3. The Kier molecular flexibility index (Phi) is 28.6. The number of ether oxygens (including phenoxy) is 20. The summed E-state index contributed by atoms with van der Waals surface area (Å²) in [6.07, 6.45) is -36.4. The first-order valence-corrected chi connectivity index (χ1v) is 29.6. The predicted molar refractivity (Wildman–Crippen MR) is 302 cm³/mol. The average Bonchev–Trinajstić information content (AvgIpc) is 0.773. The van der Waals surface area contributed by atoms with Crippen LogP contribution < -0.4 is 0 Å². The van der Waals surface area contributed by atoms with Gasteiger partial charge < -0.3 is 99.8 Å². The molecule has 0 radical (unpaired) electrons. The van der Waals surface area contributed by atoms with E-state index < -0.39 is 221 Å². The minimum atomic E-state index is -2.13. The lowest BCUT2D eigenvalue weighted by molar-refractivity contribution is -0.386. The molecule has 0 spiro atoms. The summed E-state index contributed by atoms with van der Waals surface area (Å²) < 4.78 is 120. The van der Waals surface area contributed by atoms with Crippen molar-refractivity contribution in [2.24, 2.45) is 0 Å². The molecular weight excluding hydrogens is 1270 g/mol. The van der Waals surface area contributed by atoms with E-state index in [0.717, 1.165) is 69.2 Å². The number of benzene rings is 2. The van der Waals surface area contributed by atoms with Crippen molar-refractivity contribution in [1.82, 2.24) is 0 Å². The van der Waals surface area contributed by atoms with E-state index in [4.69, 9.17) is 106 Å². The lowest BCUT2D eigenvalue weighted by Gasteiger charge is -2.50. The van der Waals surface area contributed by atoms with Crippen molar-refractivity contribution >= 4 is 77.3 Å². The van der Waals surface area contributed by atoms with Crippen molar-refractivity contribution < 1.29 is 153 Å². The van der Waals surface area contributed by atoms with Crippen LogP contribution in [0.3, 0.4) is 0 Å². The fourth-order valence-electron chi connectivity index (χ4n) is 10.3. The van der Waals surface area contributed by atoms with Gasteiger partial charge in [-0.25, -0.2) is 0 Å². The summed E-state index contributed by atoms with van der Waals surface area (Å²) in [5.74, 6) is -11.6. The maximum absolute atomic E-state index is 13.6. The fraction of sp³-hybridized carbons (Fsp3) is 0.617. The molecular formula is C60H75ClO32. The van der Waals surface area contributed by atoms with Gasteiger partial charge in [-0.1, -0.05) is 60.7 Å². The molecule has 0 aliphatic carbocycles. The Morgan fingerprint density at radius 1 is 0.344 bits per heavy atom. The molecule has 6 rings (SSSR count). The third kappa shape index (κ3) is 22.3.